The van der Waals surface area contributed by atoms with Gasteiger partial charge in [0.2, 0.25) is 0 Å². The van der Waals surface area contributed by atoms with Crippen LogP contribution in [-0.2, 0) is 4.79 Å². The summed E-state index contributed by atoms with van der Waals surface area (Å²) in [6.07, 6.45) is 5.60. The molecular weight excluding hydrogens is 301 g/mol. The fourth-order valence-electron chi connectivity index (χ4n) is 3.84. The monoisotopic (exact) mass is 336 g/mol. The highest BCUT2D eigenvalue weighted by molar-refractivity contribution is 7.77. The predicted molar refractivity (Wildman–Crippen MR) is 107 cm³/mol. The van der Waals surface area contributed by atoms with Crippen LogP contribution >= 0.6 is 7.26 Å². The third kappa shape index (κ3) is 4.57. The van der Waals surface area contributed by atoms with Crippen molar-refractivity contribution in [3.8, 4) is 0 Å². The maximum atomic E-state index is 13.1. The molecule has 0 aliphatic heterocycles. The highest BCUT2D eigenvalue weighted by Crippen LogP contribution is 2.63. The van der Waals surface area contributed by atoms with Gasteiger partial charge in [0.25, 0.3) is 5.91 Å². The number of aryl methyl sites for hydroxylation is 3. The molecule has 0 bridgehead atoms. The third-order valence-corrected chi connectivity index (χ3v) is 10.9. The number of carbonyl (C=O) groups excluding carboxylic acids is 1. The zero-order chi connectivity index (χ0) is 17.6. The molecule has 2 nitrogen and oxygen atoms in total. The highest BCUT2D eigenvalue weighted by Gasteiger charge is 2.45. The van der Waals surface area contributed by atoms with Gasteiger partial charge < -0.3 is 5.32 Å². The van der Waals surface area contributed by atoms with Crippen LogP contribution in [0, 0.1) is 20.8 Å². The molecule has 0 aromatic heterocycles. The Morgan fingerprint density at radius 1 is 1.00 bits per heavy atom. The quantitative estimate of drug-likeness (QED) is 0.598. The second-order valence-electron chi connectivity index (χ2n) is 6.73. The van der Waals surface area contributed by atoms with E-state index in [0.717, 1.165) is 18.5 Å². The van der Waals surface area contributed by atoms with E-state index < -0.39 is 7.26 Å². The summed E-state index contributed by atoms with van der Waals surface area (Å²) < 4.78 is 0. The standard InChI is InChI=1S/C20H34NOP/c1-8-12-18(23(9-2,10-3)11-4)20(22)21-19-16(6)13-15(5)14-17(19)7/h13-14,18H,8-12H2,1-7H3/p+1. The van der Waals surface area contributed by atoms with Gasteiger partial charge in [-0.3, -0.25) is 4.79 Å². The first kappa shape index (κ1) is 20.2. The summed E-state index contributed by atoms with van der Waals surface area (Å²) in [4.78, 5) is 13.1. The van der Waals surface area contributed by atoms with Gasteiger partial charge in [0.1, 0.15) is 5.66 Å². The molecule has 3 heteroatoms. The Kier molecular flexibility index (Phi) is 7.74. The number of anilines is 1. The lowest BCUT2D eigenvalue weighted by Gasteiger charge is -2.32. The van der Waals surface area contributed by atoms with E-state index in [1.165, 1.54) is 35.2 Å². The van der Waals surface area contributed by atoms with Crippen LogP contribution in [0.4, 0.5) is 5.69 Å². The Balaban J connectivity index is 3.13. The first-order chi connectivity index (χ1) is 10.8. The van der Waals surface area contributed by atoms with Crippen LogP contribution in [0.2, 0.25) is 0 Å². The second-order valence-corrected chi connectivity index (χ2v) is 11.7. The molecule has 1 amide bonds. The molecule has 0 heterocycles. The zero-order valence-electron chi connectivity index (χ0n) is 16.1. The Bertz CT molecular complexity index is 503. The summed E-state index contributed by atoms with van der Waals surface area (Å²) >= 11 is 0. The molecule has 1 aromatic rings. The largest absolute Gasteiger partial charge is 0.322 e. The number of carbonyl (C=O) groups is 1. The van der Waals surface area contributed by atoms with Crippen LogP contribution in [0.1, 0.15) is 57.2 Å². The van der Waals surface area contributed by atoms with Gasteiger partial charge in [-0.05, 0) is 59.1 Å². The Morgan fingerprint density at radius 2 is 1.48 bits per heavy atom. The van der Waals surface area contributed by atoms with Gasteiger partial charge in [-0.25, -0.2) is 0 Å². The average molecular weight is 336 g/mol. The van der Waals surface area contributed by atoms with Gasteiger partial charge in [-0.2, -0.15) is 0 Å². The Hall–Kier alpha value is -0.880. The van der Waals surface area contributed by atoms with Crippen LogP contribution in [0.25, 0.3) is 0 Å². The molecule has 130 valence electrons. The van der Waals surface area contributed by atoms with Crippen molar-refractivity contribution in [2.24, 2.45) is 0 Å². The van der Waals surface area contributed by atoms with Crippen molar-refractivity contribution in [3.63, 3.8) is 0 Å². The Morgan fingerprint density at radius 3 is 1.87 bits per heavy atom. The summed E-state index contributed by atoms with van der Waals surface area (Å²) in [5.41, 5.74) is 4.80. The molecule has 1 unspecified atom stereocenters. The second kappa shape index (κ2) is 8.83. The minimum atomic E-state index is -1.21. The number of benzene rings is 1. The predicted octanol–water partition coefficient (Wildman–Crippen LogP) is 5.80. The molecule has 23 heavy (non-hydrogen) atoms. The van der Waals surface area contributed by atoms with E-state index in [-0.39, 0.29) is 11.6 Å². The minimum absolute atomic E-state index is 0.201. The fourth-order valence-corrected chi connectivity index (χ4v) is 7.87. The fraction of sp³-hybridized carbons (Fsp3) is 0.650. The Labute approximate surface area is 143 Å². The van der Waals surface area contributed by atoms with Crippen LogP contribution in [0.5, 0.6) is 0 Å². The molecule has 1 N–H and O–H groups in total. The van der Waals surface area contributed by atoms with Crippen LogP contribution < -0.4 is 5.32 Å². The van der Waals surface area contributed by atoms with Crippen molar-refractivity contribution in [2.75, 3.05) is 23.8 Å². The molecule has 1 aromatic carbocycles. The third-order valence-electron chi connectivity index (χ3n) is 5.34. The lowest BCUT2D eigenvalue weighted by atomic mass is 10.0. The normalized spacial score (nSPS) is 13.0. The average Bonchev–Trinajstić information content (AvgIpc) is 2.51. The molecule has 0 aliphatic carbocycles. The summed E-state index contributed by atoms with van der Waals surface area (Å²) in [7, 11) is -1.21. The summed E-state index contributed by atoms with van der Waals surface area (Å²) in [5, 5.41) is 3.29. The number of nitrogens with one attached hydrogen (secondary N) is 1. The van der Waals surface area contributed by atoms with Crippen molar-refractivity contribution < 1.29 is 4.79 Å². The lowest BCUT2D eigenvalue weighted by molar-refractivity contribution is -0.116. The van der Waals surface area contributed by atoms with E-state index in [9.17, 15) is 4.79 Å². The molecule has 0 aliphatic rings. The van der Waals surface area contributed by atoms with Gasteiger partial charge in [-0.1, -0.05) is 31.0 Å². The van der Waals surface area contributed by atoms with Gasteiger partial charge in [0.05, 0.1) is 18.5 Å². The lowest BCUT2D eigenvalue weighted by Crippen LogP contribution is -2.33. The van der Waals surface area contributed by atoms with Crippen molar-refractivity contribution in [2.45, 2.75) is 67.0 Å². The minimum Gasteiger partial charge on any atom is -0.322 e. The van der Waals surface area contributed by atoms with E-state index in [1.54, 1.807) is 0 Å². The number of amides is 1. The SMILES string of the molecule is CCCC(C(=O)Nc1c(C)cc(C)cc1C)[P+](CC)(CC)CC. The van der Waals surface area contributed by atoms with E-state index in [0.29, 0.717) is 0 Å². The van der Waals surface area contributed by atoms with E-state index in [4.69, 9.17) is 0 Å². The maximum Gasteiger partial charge on any atom is 0.265 e. The molecule has 0 saturated carbocycles. The maximum absolute atomic E-state index is 13.1. The zero-order valence-corrected chi connectivity index (χ0v) is 17.0. The molecule has 0 spiro atoms. The molecule has 0 radical (unpaired) electrons. The molecule has 1 rings (SSSR count). The summed E-state index contributed by atoms with van der Waals surface area (Å²) in [6, 6.07) is 4.30. The summed E-state index contributed by atoms with van der Waals surface area (Å²) in [6.45, 7) is 15.3. The van der Waals surface area contributed by atoms with Crippen molar-refractivity contribution in [1.82, 2.24) is 0 Å². The van der Waals surface area contributed by atoms with E-state index in [2.05, 4.69) is 65.9 Å². The van der Waals surface area contributed by atoms with Gasteiger partial charge in [0, 0.05) is 12.9 Å². The first-order valence-electron chi connectivity index (χ1n) is 9.09. The molecule has 0 fully saturated rings. The van der Waals surface area contributed by atoms with Gasteiger partial charge in [-0.15, -0.1) is 0 Å². The van der Waals surface area contributed by atoms with E-state index in [1.807, 2.05) is 0 Å². The van der Waals surface area contributed by atoms with Crippen molar-refractivity contribution in [1.29, 1.82) is 0 Å². The van der Waals surface area contributed by atoms with Gasteiger partial charge in [0.15, 0.2) is 0 Å². The molecule has 0 saturated heterocycles. The number of rotatable bonds is 8. The molecular formula is C20H35NOP+. The smallest absolute Gasteiger partial charge is 0.265 e. The van der Waals surface area contributed by atoms with E-state index >= 15 is 0 Å². The number of hydrogen-bond donors (Lipinski definition) is 1. The van der Waals surface area contributed by atoms with Crippen molar-refractivity contribution in [3.05, 3.63) is 28.8 Å². The summed E-state index contributed by atoms with van der Waals surface area (Å²) in [5.74, 6) is 0.251. The van der Waals surface area contributed by atoms with Crippen LogP contribution in [-0.4, -0.2) is 30.1 Å². The topological polar surface area (TPSA) is 29.1 Å². The van der Waals surface area contributed by atoms with Gasteiger partial charge >= 0.3 is 0 Å². The van der Waals surface area contributed by atoms with Crippen LogP contribution in [0.3, 0.4) is 0 Å². The first-order valence-corrected chi connectivity index (χ1v) is 11.5. The van der Waals surface area contributed by atoms with Crippen LogP contribution in [0.15, 0.2) is 12.1 Å². The molecule has 1 atom stereocenters. The highest BCUT2D eigenvalue weighted by atomic mass is 31.2. The van der Waals surface area contributed by atoms with Crippen molar-refractivity contribution >= 4 is 18.9 Å². The number of hydrogen-bond acceptors (Lipinski definition) is 1.